The number of aliphatic hydroxyl groups is 1. The van der Waals surface area contributed by atoms with Gasteiger partial charge in [-0.05, 0) is 48.3 Å². The minimum absolute atomic E-state index is 0.113. The first-order chi connectivity index (χ1) is 10.7. The summed E-state index contributed by atoms with van der Waals surface area (Å²) in [7, 11) is 0. The Balaban J connectivity index is 1.64. The molecule has 2 aromatic rings. The molecule has 2 aliphatic rings. The van der Waals surface area contributed by atoms with Gasteiger partial charge >= 0.3 is 6.03 Å². The molecule has 1 unspecified atom stereocenters. The quantitative estimate of drug-likeness (QED) is 0.850. The molecule has 4 nitrogen and oxygen atoms in total. The van der Waals surface area contributed by atoms with E-state index in [1.165, 1.54) is 16.5 Å². The van der Waals surface area contributed by atoms with Gasteiger partial charge in [0.05, 0.1) is 11.8 Å². The Bertz CT molecular complexity index is 731. The van der Waals surface area contributed by atoms with E-state index in [1.807, 2.05) is 6.07 Å². The minimum atomic E-state index is -0.396. The summed E-state index contributed by atoms with van der Waals surface area (Å²) in [6, 6.07) is 10.3. The number of carbonyl (C=O) groups is 1. The molecule has 0 radical (unpaired) electrons. The number of nitrogens with one attached hydrogen (secondary N) is 1. The standard InChI is InChI=1S/C18H20N2O2/c21-14-4-2-10-20(11-14)18(22)19-16-9-8-13-7-6-12-3-1-5-15(16)17(12)13/h1,3,5,8-9,14,21H,2,4,6-7,10-11H2,(H,19,22). The highest BCUT2D eigenvalue weighted by atomic mass is 16.3. The summed E-state index contributed by atoms with van der Waals surface area (Å²) in [6.45, 7) is 1.14. The largest absolute Gasteiger partial charge is 0.391 e. The summed E-state index contributed by atoms with van der Waals surface area (Å²) in [5, 5.41) is 15.2. The molecule has 0 bridgehead atoms. The Morgan fingerprint density at radius 1 is 1.18 bits per heavy atom. The second-order valence-electron chi connectivity index (χ2n) is 6.28. The number of nitrogens with zero attached hydrogens (tertiary/aromatic N) is 1. The molecule has 1 heterocycles. The molecule has 2 N–H and O–H groups in total. The van der Waals surface area contributed by atoms with E-state index >= 15 is 0 Å². The third-order valence-corrected chi connectivity index (χ3v) is 4.80. The van der Waals surface area contributed by atoms with Crippen molar-refractivity contribution < 1.29 is 9.90 Å². The Labute approximate surface area is 129 Å². The van der Waals surface area contributed by atoms with Crippen LogP contribution in [0.3, 0.4) is 0 Å². The fourth-order valence-electron chi connectivity index (χ4n) is 3.69. The number of aryl methyl sites for hydroxylation is 2. The van der Waals surface area contributed by atoms with Gasteiger partial charge in [-0.1, -0.05) is 24.3 Å². The molecule has 1 aliphatic carbocycles. The van der Waals surface area contributed by atoms with Gasteiger partial charge in [0.25, 0.3) is 0 Å². The lowest BCUT2D eigenvalue weighted by molar-refractivity contribution is 0.0883. The molecule has 2 amide bonds. The molecule has 2 aromatic carbocycles. The molecule has 0 saturated carbocycles. The highest BCUT2D eigenvalue weighted by Gasteiger charge is 2.23. The first kappa shape index (κ1) is 13.6. The number of benzene rings is 2. The minimum Gasteiger partial charge on any atom is -0.391 e. The zero-order valence-corrected chi connectivity index (χ0v) is 12.5. The number of aliphatic hydroxyl groups excluding tert-OH is 1. The Morgan fingerprint density at radius 2 is 2.00 bits per heavy atom. The molecule has 4 rings (SSSR count). The van der Waals surface area contributed by atoms with E-state index in [9.17, 15) is 9.90 Å². The van der Waals surface area contributed by atoms with E-state index in [0.29, 0.717) is 13.1 Å². The predicted octanol–water partition coefficient (Wildman–Crippen LogP) is 2.93. The zero-order valence-electron chi connectivity index (χ0n) is 12.5. The number of carbonyl (C=O) groups excluding carboxylic acids is 1. The smallest absolute Gasteiger partial charge is 0.321 e. The molecule has 1 saturated heterocycles. The molecule has 0 aromatic heterocycles. The van der Waals surface area contributed by atoms with Gasteiger partial charge in [-0.2, -0.15) is 0 Å². The molecule has 4 heteroatoms. The van der Waals surface area contributed by atoms with E-state index in [1.54, 1.807) is 4.90 Å². The number of anilines is 1. The van der Waals surface area contributed by atoms with Crippen LogP contribution in [0.4, 0.5) is 10.5 Å². The number of rotatable bonds is 1. The van der Waals surface area contributed by atoms with Gasteiger partial charge in [-0.3, -0.25) is 0 Å². The number of amides is 2. The van der Waals surface area contributed by atoms with Gasteiger partial charge in [-0.25, -0.2) is 4.79 Å². The van der Waals surface area contributed by atoms with Crippen molar-refractivity contribution in [3.05, 3.63) is 41.5 Å². The van der Waals surface area contributed by atoms with Gasteiger partial charge in [0.2, 0.25) is 0 Å². The van der Waals surface area contributed by atoms with Gasteiger partial charge in [0.15, 0.2) is 0 Å². The normalized spacial score (nSPS) is 20.4. The maximum atomic E-state index is 12.4. The fraction of sp³-hybridized carbons (Fsp3) is 0.389. The van der Waals surface area contributed by atoms with E-state index in [2.05, 4.69) is 29.6 Å². The van der Waals surface area contributed by atoms with Gasteiger partial charge in [0.1, 0.15) is 0 Å². The molecule has 114 valence electrons. The SMILES string of the molecule is O=C(Nc1ccc2c3c(cccc13)CC2)N1CCCC(O)C1. The van der Waals surface area contributed by atoms with Crippen molar-refractivity contribution in [2.45, 2.75) is 31.8 Å². The van der Waals surface area contributed by atoms with Crippen LogP contribution in [0, 0.1) is 0 Å². The van der Waals surface area contributed by atoms with Crippen LogP contribution in [-0.2, 0) is 12.8 Å². The summed E-state index contributed by atoms with van der Waals surface area (Å²) in [6.07, 6.45) is 3.42. The van der Waals surface area contributed by atoms with E-state index < -0.39 is 6.10 Å². The summed E-state index contributed by atoms with van der Waals surface area (Å²) in [5.74, 6) is 0. The summed E-state index contributed by atoms with van der Waals surface area (Å²) >= 11 is 0. The molecular weight excluding hydrogens is 276 g/mol. The van der Waals surface area contributed by atoms with E-state index in [-0.39, 0.29) is 6.03 Å². The maximum absolute atomic E-state index is 12.4. The van der Waals surface area contributed by atoms with Crippen molar-refractivity contribution in [3.63, 3.8) is 0 Å². The van der Waals surface area contributed by atoms with Gasteiger partial charge in [0, 0.05) is 18.5 Å². The first-order valence-electron chi connectivity index (χ1n) is 8.00. The lowest BCUT2D eigenvalue weighted by Crippen LogP contribution is -2.44. The second-order valence-corrected chi connectivity index (χ2v) is 6.28. The van der Waals surface area contributed by atoms with E-state index in [0.717, 1.165) is 36.8 Å². The first-order valence-corrected chi connectivity index (χ1v) is 8.00. The number of hydrogen-bond donors (Lipinski definition) is 2. The van der Waals surface area contributed by atoms with Crippen molar-refractivity contribution in [2.24, 2.45) is 0 Å². The highest BCUT2D eigenvalue weighted by molar-refractivity contribution is 6.04. The predicted molar refractivity (Wildman–Crippen MR) is 87.2 cm³/mol. The average Bonchev–Trinajstić information content (AvgIpc) is 2.95. The number of urea groups is 1. The number of likely N-dealkylation sites (tertiary alicyclic amines) is 1. The molecular formula is C18H20N2O2. The summed E-state index contributed by atoms with van der Waals surface area (Å²) in [4.78, 5) is 14.2. The number of piperidine rings is 1. The highest BCUT2D eigenvalue weighted by Crippen LogP contribution is 2.35. The third kappa shape index (κ3) is 2.24. The van der Waals surface area contributed by atoms with Crippen LogP contribution in [0.5, 0.6) is 0 Å². The number of β-amino-alcohol motifs (C(OH)–C–C–N with tert-alkyl or cyclic N) is 1. The van der Waals surface area contributed by atoms with Crippen LogP contribution >= 0.6 is 0 Å². The topological polar surface area (TPSA) is 52.6 Å². The summed E-state index contributed by atoms with van der Waals surface area (Å²) in [5.41, 5.74) is 3.61. The van der Waals surface area contributed by atoms with Crippen LogP contribution in [0.2, 0.25) is 0 Å². The molecule has 1 fully saturated rings. The lowest BCUT2D eigenvalue weighted by atomic mass is 10.0. The number of hydrogen-bond acceptors (Lipinski definition) is 2. The fourth-order valence-corrected chi connectivity index (χ4v) is 3.69. The Hall–Kier alpha value is -2.07. The Kier molecular flexibility index (Phi) is 3.26. The van der Waals surface area contributed by atoms with Crippen LogP contribution in [0.15, 0.2) is 30.3 Å². The Morgan fingerprint density at radius 3 is 2.82 bits per heavy atom. The van der Waals surface area contributed by atoms with Crippen molar-refractivity contribution in [2.75, 3.05) is 18.4 Å². The van der Waals surface area contributed by atoms with Crippen molar-refractivity contribution in [1.82, 2.24) is 4.90 Å². The molecule has 1 aliphatic heterocycles. The molecule has 1 atom stereocenters. The van der Waals surface area contributed by atoms with Gasteiger partial charge in [-0.15, -0.1) is 0 Å². The van der Waals surface area contributed by atoms with Gasteiger partial charge < -0.3 is 15.3 Å². The van der Waals surface area contributed by atoms with Crippen molar-refractivity contribution in [1.29, 1.82) is 0 Å². The van der Waals surface area contributed by atoms with Crippen LogP contribution in [0.1, 0.15) is 24.0 Å². The maximum Gasteiger partial charge on any atom is 0.321 e. The van der Waals surface area contributed by atoms with Crippen LogP contribution in [-0.4, -0.2) is 35.2 Å². The monoisotopic (exact) mass is 296 g/mol. The van der Waals surface area contributed by atoms with E-state index in [4.69, 9.17) is 0 Å². The molecule has 0 spiro atoms. The average molecular weight is 296 g/mol. The van der Waals surface area contributed by atoms with Crippen LogP contribution < -0.4 is 5.32 Å². The second kappa shape index (κ2) is 5.29. The summed E-state index contributed by atoms with van der Waals surface area (Å²) < 4.78 is 0. The molecule has 22 heavy (non-hydrogen) atoms. The van der Waals surface area contributed by atoms with Crippen LogP contribution in [0.25, 0.3) is 10.8 Å². The lowest BCUT2D eigenvalue weighted by Gasteiger charge is -2.30. The van der Waals surface area contributed by atoms with Crippen molar-refractivity contribution >= 4 is 22.5 Å². The third-order valence-electron chi connectivity index (χ3n) is 4.80. The zero-order chi connectivity index (χ0) is 15.1. The van der Waals surface area contributed by atoms with Crippen molar-refractivity contribution in [3.8, 4) is 0 Å².